The summed E-state index contributed by atoms with van der Waals surface area (Å²) in [6.07, 6.45) is 3.59. The van der Waals surface area contributed by atoms with E-state index in [1.165, 1.54) is 37.2 Å². The van der Waals surface area contributed by atoms with Crippen molar-refractivity contribution in [2.75, 3.05) is 24.5 Å². The van der Waals surface area contributed by atoms with Gasteiger partial charge in [-0.2, -0.15) is 0 Å². The molecule has 0 saturated carbocycles. The molecule has 2 heteroatoms. The molecule has 1 aliphatic rings. The van der Waals surface area contributed by atoms with Crippen molar-refractivity contribution in [3.05, 3.63) is 29.8 Å². The topological polar surface area (TPSA) is 15.3 Å². The fourth-order valence-corrected chi connectivity index (χ4v) is 2.38. The van der Waals surface area contributed by atoms with Gasteiger partial charge in [0.15, 0.2) is 0 Å². The van der Waals surface area contributed by atoms with Gasteiger partial charge in [-0.1, -0.05) is 19.1 Å². The van der Waals surface area contributed by atoms with E-state index in [0.29, 0.717) is 6.04 Å². The lowest BCUT2D eigenvalue weighted by Crippen LogP contribution is -2.38. The number of rotatable bonds is 2. The summed E-state index contributed by atoms with van der Waals surface area (Å²) in [4.78, 5) is 2.52. The zero-order valence-corrected chi connectivity index (χ0v) is 11.1. The lowest BCUT2D eigenvalue weighted by atomic mass is 10.1. The summed E-state index contributed by atoms with van der Waals surface area (Å²) in [5.41, 5.74) is 2.81. The number of aryl methyl sites for hydroxylation is 1. The Labute approximate surface area is 105 Å². The zero-order valence-electron chi connectivity index (χ0n) is 11.1. The molecule has 2 nitrogen and oxygen atoms in total. The Kier molecular flexibility index (Phi) is 4.43. The smallest absolute Gasteiger partial charge is 0.0366 e. The lowest BCUT2D eigenvalue weighted by Gasteiger charge is -2.29. The SMILES string of the molecule is CCc1ccc(N2CCCNC(C)CC2)cc1. The van der Waals surface area contributed by atoms with E-state index in [0.717, 1.165) is 13.0 Å². The number of hydrogen-bond acceptors (Lipinski definition) is 2. The maximum atomic E-state index is 3.55. The van der Waals surface area contributed by atoms with Crippen LogP contribution in [0.15, 0.2) is 24.3 Å². The van der Waals surface area contributed by atoms with E-state index in [1.807, 2.05) is 0 Å². The van der Waals surface area contributed by atoms with Crippen LogP contribution in [0.2, 0.25) is 0 Å². The van der Waals surface area contributed by atoms with Crippen molar-refractivity contribution in [1.82, 2.24) is 5.32 Å². The van der Waals surface area contributed by atoms with Gasteiger partial charge in [0, 0.05) is 24.8 Å². The molecule has 1 saturated heterocycles. The summed E-state index contributed by atoms with van der Waals surface area (Å²) in [6, 6.07) is 9.72. The molecule has 0 radical (unpaired) electrons. The average Bonchev–Trinajstić information content (AvgIpc) is 2.35. The van der Waals surface area contributed by atoms with Gasteiger partial charge < -0.3 is 10.2 Å². The van der Waals surface area contributed by atoms with Crippen LogP contribution in [0, 0.1) is 0 Å². The molecule has 1 fully saturated rings. The predicted octanol–water partition coefficient (Wildman–Crippen LogP) is 2.83. The van der Waals surface area contributed by atoms with Crippen LogP contribution in [0.3, 0.4) is 0 Å². The Morgan fingerprint density at radius 2 is 2.00 bits per heavy atom. The molecular formula is C15H24N2. The van der Waals surface area contributed by atoms with Crippen LogP contribution in [0.1, 0.15) is 32.3 Å². The first-order chi connectivity index (χ1) is 8.29. The molecule has 2 rings (SSSR count). The van der Waals surface area contributed by atoms with Crippen LogP contribution in [0.5, 0.6) is 0 Å². The standard InChI is InChI=1S/C15H24N2/c1-3-14-5-7-15(8-6-14)17-11-4-10-16-13(2)9-12-17/h5-8,13,16H,3-4,9-12H2,1-2H3. The molecule has 1 heterocycles. The Morgan fingerprint density at radius 1 is 1.24 bits per heavy atom. The molecule has 17 heavy (non-hydrogen) atoms. The first kappa shape index (κ1) is 12.4. The molecule has 0 amide bonds. The highest BCUT2D eigenvalue weighted by Gasteiger charge is 2.11. The van der Waals surface area contributed by atoms with Crippen molar-refractivity contribution in [2.24, 2.45) is 0 Å². The first-order valence-electron chi connectivity index (χ1n) is 6.87. The van der Waals surface area contributed by atoms with Gasteiger partial charge >= 0.3 is 0 Å². The predicted molar refractivity (Wildman–Crippen MR) is 74.7 cm³/mol. The lowest BCUT2D eigenvalue weighted by molar-refractivity contribution is 0.475. The molecule has 0 aromatic heterocycles. The van der Waals surface area contributed by atoms with E-state index in [-0.39, 0.29) is 0 Å². The molecule has 1 N–H and O–H groups in total. The molecular weight excluding hydrogens is 208 g/mol. The largest absolute Gasteiger partial charge is 0.371 e. The Bertz CT molecular complexity index is 331. The minimum absolute atomic E-state index is 0.646. The number of hydrogen-bond donors (Lipinski definition) is 1. The third-order valence-corrected chi connectivity index (χ3v) is 3.64. The maximum absolute atomic E-state index is 3.55. The molecule has 0 bridgehead atoms. The fourth-order valence-electron chi connectivity index (χ4n) is 2.38. The van der Waals surface area contributed by atoms with E-state index in [2.05, 4.69) is 48.3 Å². The molecule has 1 unspecified atom stereocenters. The summed E-state index contributed by atoms with van der Waals surface area (Å²) in [7, 11) is 0. The van der Waals surface area contributed by atoms with E-state index in [9.17, 15) is 0 Å². The molecule has 0 spiro atoms. The van der Waals surface area contributed by atoms with Gasteiger partial charge in [0.25, 0.3) is 0 Å². The van der Waals surface area contributed by atoms with E-state index >= 15 is 0 Å². The number of nitrogens with zero attached hydrogens (tertiary/aromatic N) is 1. The number of nitrogens with one attached hydrogen (secondary N) is 1. The third kappa shape index (κ3) is 3.47. The van der Waals surface area contributed by atoms with Crippen molar-refractivity contribution < 1.29 is 0 Å². The molecule has 1 aliphatic heterocycles. The molecule has 1 aromatic carbocycles. The second-order valence-electron chi connectivity index (χ2n) is 5.00. The van der Waals surface area contributed by atoms with Gasteiger partial charge in [0.05, 0.1) is 0 Å². The molecule has 0 aliphatic carbocycles. The zero-order chi connectivity index (χ0) is 12.1. The monoisotopic (exact) mass is 232 g/mol. The van der Waals surface area contributed by atoms with Gasteiger partial charge in [-0.05, 0) is 50.4 Å². The maximum Gasteiger partial charge on any atom is 0.0366 e. The highest BCUT2D eigenvalue weighted by atomic mass is 15.1. The molecule has 94 valence electrons. The number of anilines is 1. The third-order valence-electron chi connectivity index (χ3n) is 3.64. The second kappa shape index (κ2) is 6.06. The van der Waals surface area contributed by atoms with Crippen LogP contribution in [-0.2, 0) is 6.42 Å². The Morgan fingerprint density at radius 3 is 2.71 bits per heavy atom. The van der Waals surface area contributed by atoms with Gasteiger partial charge in [-0.25, -0.2) is 0 Å². The Balaban J connectivity index is 2.03. The van der Waals surface area contributed by atoms with Crippen molar-refractivity contribution >= 4 is 5.69 Å². The van der Waals surface area contributed by atoms with Crippen LogP contribution in [0.4, 0.5) is 5.69 Å². The van der Waals surface area contributed by atoms with Crippen LogP contribution < -0.4 is 10.2 Å². The van der Waals surface area contributed by atoms with Crippen LogP contribution in [-0.4, -0.2) is 25.7 Å². The molecule has 1 atom stereocenters. The van der Waals surface area contributed by atoms with Crippen molar-refractivity contribution in [3.8, 4) is 0 Å². The summed E-state index contributed by atoms with van der Waals surface area (Å²) >= 11 is 0. The summed E-state index contributed by atoms with van der Waals surface area (Å²) in [5, 5.41) is 3.55. The van der Waals surface area contributed by atoms with E-state index in [4.69, 9.17) is 0 Å². The van der Waals surface area contributed by atoms with Gasteiger partial charge in [0.1, 0.15) is 0 Å². The van der Waals surface area contributed by atoms with E-state index in [1.54, 1.807) is 0 Å². The number of benzene rings is 1. The van der Waals surface area contributed by atoms with Crippen LogP contribution in [0.25, 0.3) is 0 Å². The van der Waals surface area contributed by atoms with Crippen molar-refractivity contribution in [1.29, 1.82) is 0 Å². The quantitative estimate of drug-likeness (QED) is 0.843. The van der Waals surface area contributed by atoms with Gasteiger partial charge in [-0.15, -0.1) is 0 Å². The normalized spacial score (nSPS) is 22.0. The van der Waals surface area contributed by atoms with Crippen molar-refractivity contribution in [2.45, 2.75) is 39.2 Å². The second-order valence-corrected chi connectivity index (χ2v) is 5.00. The first-order valence-corrected chi connectivity index (χ1v) is 6.87. The van der Waals surface area contributed by atoms with Gasteiger partial charge in [-0.3, -0.25) is 0 Å². The fraction of sp³-hybridized carbons (Fsp3) is 0.600. The van der Waals surface area contributed by atoms with Crippen molar-refractivity contribution in [3.63, 3.8) is 0 Å². The minimum atomic E-state index is 0.646. The highest BCUT2D eigenvalue weighted by molar-refractivity contribution is 5.47. The summed E-state index contributed by atoms with van der Waals surface area (Å²) in [5.74, 6) is 0. The molecule has 1 aromatic rings. The summed E-state index contributed by atoms with van der Waals surface area (Å²) < 4.78 is 0. The van der Waals surface area contributed by atoms with Gasteiger partial charge in [0.2, 0.25) is 0 Å². The van der Waals surface area contributed by atoms with E-state index < -0.39 is 0 Å². The minimum Gasteiger partial charge on any atom is -0.371 e. The highest BCUT2D eigenvalue weighted by Crippen LogP contribution is 2.17. The Hall–Kier alpha value is -1.02. The van der Waals surface area contributed by atoms with Crippen LogP contribution >= 0.6 is 0 Å². The average molecular weight is 232 g/mol. The summed E-state index contributed by atoms with van der Waals surface area (Å²) in [6.45, 7) is 7.97.